The molecule has 1 rings (SSSR count). The van der Waals surface area contributed by atoms with Crippen molar-refractivity contribution in [1.82, 2.24) is 10.6 Å². The number of benzene rings is 1. The molecule has 19 heavy (non-hydrogen) atoms. The van der Waals surface area contributed by atoms with Gasteiger partial charge in [-0.2, -0.15) is 0 Å². The van der Waals surface area contributed by atoms with E-state index in [0.717, 1.165) is 12.1 Å². The van der Waals surface area contributed by atoms with E-state index in [9.17, 15) is 4.79 Å². The third-order valence-corrected chi connectivity index (χ3v) is 3.18. The quantitative estimate of drug-likeness (QED) is 0.856. The lowest BCUT2D eigenvalue weighted by Crippen LogP contribution is -2.32. The molecule has 1 atom stereocenters. The lowest BCUT2D eigenvalue weighted by molar-refractivity contribution is 0.0948. The molecule has 0 heterocycles. The molecule has 0 aliphatic heterocycles. The van der Waals surface area contributed by atoms with Crippen LogP contribution in [0.1, 0.15) is 43.6 Å². The van der Waals surface area contributed by atoms with E-state index in [1.54, 1.807) is 0 Å². The zero-order chi connectivity index (χ0) is 14.5. The summed E-state index contributed by atoms with van der Waals surface area (Å²) in [6.07, 6.45) is 0. The van der Waals surface area contributed by atoms with E-state index in [2.05, 4.69) is 38.3 Å². The van der Waals surface area contributed by atoms with E-state index < -0.39 is 0 Å². The first-order valence-electron chi connectivity index (χ1n) is 6.88. The number of nitrogens with one attached hydrogen (secondary N) is 2. The van der Waals surface area contributed by atoms with Crippen LogP contribution in [0.3, 0.4) is 0 Å². The van der Waals surface area contributed by atoms with Gasteiger partial charge < -0.3 is 10.6 Å². The largest absolute Gasteiger partial charge is 0.352 e. The van der Waals surface area contributed by atoms with Gasteiger partial charge >= 0.3 is 0 Å². The van der Waals surface area contributed by atoms with E-state index in [0.29, 0.717) is 12.5 Å². The summed E-state index contributed by atoms with van der Waals surface area (Å²) >= 11 is 0. The highest BCUT2D eigenvalue weighted by Gasteiger charge is 2.14. The van der Waals surface area contributed by atoms with E-state index in [-0.39, 0.29) is 11.3 Å². The molecule has 0 aromatic heterocycles. The molecule has 0 saturated carbocycles. The molecule has 0 aliphatic rings. The van der Waals surface area contributed by atoms with Crippen LogP contribution in [-0.4, -0.2) is 26.0 Å². The highest BCUT2D eigenvalue weighted by molar-refractivity contribution is 5.94. The van der Waals surface area contributed by atoms with Crippen molar-refractivity contribution in [1.29, 1.82) is 0 Å². The number of carbonyl (C=O) groups excluding carboxylic acids is 1. The van der Waals surface area contributed by atoms with Gasteiger partial charge in [0.05, 0.1) is 0 Å². The SMILES string of the molecule is CNCC(C)CNC(=O)c1ccc(C(C)(C)C)cc1. The van der Waals surface area contributed by atoms with Gasteiger partial charge in [-0.3, -0.25) is 4.79 Å². The Balaban J connectivity index is 2.59. The van der Waals surface area contributed by atoms with Crippen LogP contribution in [0.25, 0.3) is 0 Å². The molecular weight excluding hydrogens is 236 g/mol. The maximum Gasteiger partial charge on any atom is 0.251 e. The van der Waals surface area contributed by atoms with Gasteiger partial charge in [0.2, 0.25) is 0 Å². The predicted molar refractivity (Wildman–Crippen MR) is 80.6 cm³/mol. The van der Waals surface area contributed by atoms with Gasteiger partial charge in [-0.1, -0.05) is 39.8 Å². The van der Waals surface area contributed by atoms with Crippen molar-refractivity contribution in [3.05, 3.63) is 35.4 Å². The van der Waals surface area contributed by atoms with E-state index in [4.69, 9.17) is 0 Å². The van der Waals surface area contributed by atoms with Gasteiger partial charge in [0.15, 0.2) is 0 Å². The molecule has 0 bridgehead atoms. The first kappa shape index (κ1) is 15.7. The van der Waals surface area contributed by atoms with Crippen molar-refractivity contribution in [2.75, 3.05) is 20.1 Å². The Morgan fingerprint density at radius 2 is 1.74 bits per heavy atom. The van der Waals surface area contributed by atoms with Crippen LogP contribution >= 0.6 is 0 Å². The van der Waals surface area contributed by atoms with Crippen LogP contribution in [0, 0.1) is 5.92 Å². The van der Waals surface area contributed by atoms with Crippen LogP contribution in [0.5, 0.6) is 0 Å². The number of hydrogen-bond donors (Lipinski definition) is 2. The lowest BCUT2D eigenvalue weighted by atomic mass is 9.87. The van der Waals surface area contributed by atoms with Crippen molar-refractivity contribution in [2.24, 2.45) is 5.92 Å². The molecule has 0 radical (unpaired) electrons. The second kappa shape index (κ2) is 6.71. The second-order valence-corrected chi connectivity index (χ2v) is 6.20. The topological polar surface area (TPSA) is 41.1 Å². The van der Waals surface area contributed by atoms with Crippen molar-refractivity contribution in [3.8, 4) is 0 Å². The fraction of sp³-hybridized carbons (Fsp3) is 0.562. The Morgan fingerprint density at radius 1 is 1.16 bits per heavy atom. The Labute approximate surface area is 116 Å². The molecule has 3 nitrogen and oxygen atoms in total. The Kier molecular flexibility index (Phi) is 5.55. The van der Waals surface area contributed by atoms with Crippen LogP contribution in [0.2, 0.25) is 0 Å². The van der Waals surface area contributed by atoms with Crippen LogP contribution < -0.4 is 10.6 Å². The first-order chi connectivity index (χ1) is 8.84. The van der Waals surface area contributed by atoms with Gasteiger partial charge in [-0.15, -0.1) is 0 Å². The fourth-order valence-electron chi connectivity index (χ4n) is 1.91. The van der Waals surface area contributed by atoms with Crippen LogP contribution in [-0.2, 0) is 5.41 Å². The van der Waals surface area contributed by atoms with E-state index in [1.165, 1.54) is 5.56 Å². The van der Waals surface area contributed by atoms with Gasteiger partial charge in [0.25, 0.3) is 5.91 Å². The Morgan fingerprint density at radius 3 is 2.21 bits per heavy atom. The Bertz CT molecular complexity index is 404. The maximum atomic E-state index is 12.0. The predicted octanol–water partition coefficient (Wildman–Crippen LogP) is 2.57. The molecule has 1 unspecified atom stereocenters. The van der Waals surface area contributed by atoms with Crippen LogP contribution in [0.15, 0.2) is 24.3 Å². The number of hydrogen-bond acceptors (Lipinski definition) is 2. The minimum atomic E-state index is 0.00316. The molecule has 1 aromatic rings. The number of amides is 1. The monoisotopic (exact) mass is 262 g/mol. The molecule has 0 fully saturated rings. The molecule has 0 saturated heterocycles. The minimum Gasteiger partial charge on any atom is -0.352 e. The summed E-state index contributed by atoms with van der Waals surface area (Å²) < 4.78 is 0. The van der Waals surface area contributed by atoms with Gasteiger partial charge in [0, 0.05) is 12.1 Å². The molecule has 2 N–H and O–H groups in total. The summed E-state index contributed by atoms with van der Waals surface area (Å²) in [5.74, 6) is 0.436. The third kappa shape index (κ3) is 5.03. The standard InChI is InChI=1S/C16H26N2O/c1-12(10-17-5)11-18-15(19)13-6-8-14(9-7-13)16(2,3)4/h6-9,12,17H,10-11H2,1-5H3,(H,18,19). The first-order valence-corrected chi connectivity index (χ1v) is 6.88. The molecule has 0 aliphatic carbocycles. The molecule has 0 spiro atoms. The average molecular weight is 262 g/mol. The third-order valence-electron chi connectivity index (χ3n) is 3.18. The summed E-state index contributed by atoms with van der Waals surface area (Å²) in [6, 6.07) is 7.87. The normalized spacial score (nSPS) is 13.1. The summed E-state index contributed by atoms with van der Waals surface area (Å²) in [7, 11) is 1.92. The number of carbonyl (C=O) groups is 1. The highest BCUT2D eigenvalue weighted by Crippen LogP contribution is 2.22. The molecule has 3 heteroatoms. The molecular formula is C16H26N2O. The second-order valence-electron chi connectivity index (χ2n) is 6.20. The molecule has 1 amide bonds. The summed E-state index contributed by atoms with van der Waals surface area (Å²) in [4.78, 5) is 12.0. The highest BCUT2D eigenvalue weighted by atomic mass is 16.1. The summed E-state index contributed by atoms with van der Waals surface area (Å²) in [5.41, 5.74) is 2.09. The Hall–Kier alpha value is -1.35. The smallest absolute Gasteiger partial charge is 0.251 e. The summed E-state index contributed by atoms with van der Waals surface area (Å²) in [6.45, 7) is 10.2. The maximum absolute atomic E-state index is 12.0. The lowest BCUT2D eigenvalue weighted by Gasteiger charge is -2.19. The van der Waals surface area contributed by atoms with E-state index >= 15 is 0 Å². The van der Waals surface area contributed by atoms with Gasteiger partial charge in [0.1, 0.15) is 0 Å². The van der Waals surface area contributed by atoms with Crippen molar-refractivity contribution in [3.63, 3.8) is 0 Å². The van der Waals surface area contributed by atoms with Crippen molar-refractivity contribution in [2.45, 2.75) is 33.1 Å². The fourth-order valence-corrected chi connectivity index (χ4v) is 1.91. The summed E-state index contributed by atoms with van der Waals surface area (Å²) in [5, 5.41) is 6.07. The zero-order valence-corrected chi connectivity index (χ0v) is 12.7. The van der Waals surface area contributed by atoms with Gasteiger partial charge in [-0.05, 0) is 42.6 Å². The van der Waals surface area contributed by atoms with Crippen molar-refractivity contribution >= 4 is 5.91 Å². The molecule has 106 valence electrons. The number of rotatable bonds is 5. The minimum absolute atomic E-state index is 0.00316. The van der Waals surface area contributed by atoms with Crippen LogP contribution in [0.4, 0.5) is 0 Å². The van der Waals surface area contributed by atoms with Gasteiger partial charge in [-0.25, -0.2) is 0 Å². The van der Waals surface area contributed by atoms with Crippen molar-refractivity contribution < 1.29 is 4.79 Å². The van der Waals surface area contributed by atoms with E-state index in [1.807, 2.05) is 31.3 Å². The average Bonchev–Trinajstić information content (AvgIpc) is 2.35. The zero-order valence-electron chi connectivity index (χ0n) is 12.7. The molecule has 1 aromatic carbocycles.